The minimum atomic E-state index is 0. The van der Waals surface area contributed by atoms with Crippen LogP contribution in [0.5, 0.6) is 0 Å². The SMILES string of the molecule is CC1=[C-]C(C)C(C)=C1C.[Cl-].[Cl-].[NH-]C=O.[NH-]C=O.[Ti+2]. The van der Waals surface area contributed by atoms with Crippen LogP contribution in [-0.4, -0.2) is 12.8 Å². The van der Waals surface area contributed by atoms with Crippen LogP contribution in [0.1, 0.15) is 27.7 Å². The fourth-order valence-electron chi connectivity index (χ4n) is 1.16. The molecule has 0 aromatic carbocycles. The Morgan fingerprint density at radius 2 is 1.33 bits per heavy atom. The van der Waals surface area contributed by atoms with Crippen LogP contribution >= 0.6 is 0 Å². The van der Waals surface area contributed by atoms with Gasteiger partial charge in [0.05, 0.1) is 0 Å². The average molecular weight is 328 g/mol. The van der Waals surface area contributed by atoms with Gasteiger partial charge in [-0.25, -0.2) is 5.57 Å². The van der Waals surface area contributed by atoms with E-state index in [2.05, 4.69) is 33.8 Å². The van der Waals surface area contributed by atoms with Crippen LogP contribution in [0.2, 0.25) is 0 Å². The molecular formula is C11H17Cl2N2O2Ti-3. The summed E-state index contributed by atoms with van der Waals surface area (Å²) >= 11 is 0. The van der Waals surface area contributed by atoms with Gasteiger partial charge in [0.25, 0.3) is 0 Å². The van der Waals surface area contributed by atoms with Crippen molar-refractivity contribution in [3.63, 3.8) is 0 Å². The fourth-order valence-corrected chi connectivity index (χ4v) is 1.16. The van der Waals surface area contributed by atoms with Crippen LogP contribution in [0, 0.1) is 12.0 Å². The van der Waals surface area contributed by atoms with E-state index in [1.54, 1.807) is 0 Å². The maximum atomic E-state index is 8.47. The number of carbonyl (C=O) groups excluding carboxylic acids is 2. The molecule has 1 unspecified atom stereocenters. The summed E-state index contributed by atoms with van der Waals surface area (Å²) in [6.07, 6.45) is 3.36. The molecule has 0 spiro atoms. The van der Waals surface area contributed by atoms with Crippen molar-refractivity contribution in [2.45, 2.75) is 27.7 Å². The van der Waals surface area contributed by atoms with Gasteiger partial charge in [0.1, 0.15) is 0 Å². The van der Waals surface area contributed by atoms with Gasteiger partial charge in [-0.15, -0.1) is 6.92 Å². The molecule has 0 heterocycles. The van der Waals surface area contributed by atoms with Crippen LogP contribution in [-0.2, 0) is 31.3 Å². The van der Waals surface area contributed by atoms with Crippen LogP contribution in [0.15, 0.2) is 16.7 Å². The summed E-state index contributed by atoms with van der Waals surface area (Å²) in [7, 11) is 0. The van der Waals surface area contributed by atoms with E-state index in [-0.39, 0.29) is 59.4 Å². The molecule has 0 aromatic heterocycles. The zero-order valence-corrected chi connectivity index (χ0v) is 13.9. The molecular weight excluding hydrogens is 311 g/mol. The molecule has 0 fully saturated rings. The molecule has 0 radical (unpaired) electrons. The molecule has 1 atom stereocenters. The Morgan fingerprint density at radius 3 is 1.39 bits per heavy atom. The summed E-state index contributed by atoms with van der Waals surface area (Å²) in [6, 6.07) is 0. The maximum Gasteiger partial charge on any atom is 2.00 e. The minimum Gasteiger partial charge on any atom is -1.00 e. The Morgan fingerprint density at radius 1 is 1.06 bits per heavy atom. The standard InChI is InChI=1S/C9H13.2CH3NO.2ClH.Ti/c1-6-5-7(2)9(4)8(6)3;2*2-1-3;;;/h6H,1-4H3;2*1H,(H2,2,3);2*1H;/q-1;;;;;+2/p-4. The van der Waals surface area contributed by atoms with Gasteiger partial charge in [-0.2, -0.15) is 11.1 Å². The third-order valence-corrected chi connectivity index (χ3v) is 2.24. The predicted molar refractivity (Wildman–Crippen MR) is 60.7 cm³/mol. The van der Waals surface area contributed by atoms with Gasteiger partial charge in [0.2, 0.25) is 0 Å². The number of amides is 2. The Bertz CT molecular complexity index is 276. The molecule has 1 rings (SSSR count). The second-order valence-electron chi connectivity index (χ2n) is 3.03. The quantitative estimate of drug-likeness (QED) is 0.272. The Kier molecular flexibility index (Phi) is 32.4. The Hall–Kier alpha value is -0.286. The van der Waals surface area contributed by atoms with Crippen LogP contribution in [0.25, 0.3) is 11.5 Å². The molecule has 0 saturated heterocycles. The van der Waals surface area contributed by atoms with E-state index in [0.29, 0.717) is 5.92 Å². The smallest absolute Gasteiger partial charge is 1.00 e. The molecule has 4 nitrogen and oxygen atoms in total. The van der Waals surface area contributed by atoms with Crippen molar-refractivity contribution in [3.8, 4) is 0 Å². The molecule has 2 amide bonds. The number of nitrogens with one attached hydrogen (secondary N) is 2. The largest absolute Gasteiger partial charge is 2.00 e. The van der Waals surface area contributed by atoms with Crippen molar-refractivity contribution < 1.29 is 56.1 Å². The molecule has 0 saturated carbocycles. The number of allylic oxidation sites excluding steroid dienone is 4. The van der Waals surface area contributed by atoms with Gasteiger partial charge >= 0.3 is 21.7 Å². The minimum absolute atomic E-state index is 0. The molecule has 0 aliphatic heterocycles. The monoisotopic (exact) mass is 327 g/mol. The zero-order chi connectivity index (χ0) is 12.4. The topological polar surface area (TPSA) is 81.7 Å². The predicted octanol–water partition coefficient (Wildman–Crippen LogP) is -2.88. The van der Waals surface area contributed by atoms with Gasteiger partial charge in [0.15, 0.2) is 0 Å². The second kappa shape index (κ2) is 19.1. The molecule has 7 heteroatoms. The normalized spacial score (nSPS) is 14.9. The summed E-state index contributed by atoms with van der Waals surface area (Å²) < 4.78 is 0. The first-order chi connectivity index (χ1) is 6.95. The van der Waals surface area contributed by atoms with Crippen LogP contribution in [0.3, 0.4) is 0 Å². The first-order valence-corrected chi connectivity index (χ1v) is 4.45. The maximum absolute atomic E-state index is 8.47. The molecule has 104 valence electrons. The van der Waals surface area contributed by atoms with Crippen molar-refractivity contribution in [2.75, 3.05) is 0 Å². The van der Waals surface area contributed by atoms with Gasteiger partial charge < -0.3 is 45.9 Å². The van der Waals surface area contributed by atoms with Gasteiger partial charge in [0, 0.05) is 12.8 Å². The van der Waals surface area contributed by atoms with Crippen LogP contribution < -0.4 is 24.8 Å². The summed E-state index contributed by atoms with van der Waals surface area (Å²) in [4.78, 5) is 16.9. The third kappa shape index (κ3) is 13.8. The summed E-state index contributed by atoms with van der Waals surface area (Å²) in [5.74, 6) is 0.560. The van der Waals surface area contributed by atoms with E-state index in [0.717, 1.165) is 0 Å². The van der Waals surface area contributed by atoms with E-state index in [1.807, 2.05) is 0 Å². The molecule has 1 aliphatic rings. The number of carbonyl (C=O) groups is 2. The number of rotatable bonds is 0. The first kappa shape index (κ1) is 30.6. The van der Waals surface area contributed by atoms with E-state index in [1.165, 1.54) is 16.7 Å². The van der Waals surface area contributed by atoms with Crippen molar-refractivity contribution in [3.05, 3.63) is 34.3 Å². The summed E-state index contributed by atoms with van der Waals surface area (Å²) in [5, 5.41) is 0. The van der Waals surface area contributed by atoms with Gasteiger partial charge in [-0.05, 0) is 0 Å². The van der Waals surface area contributed by atoms with Crippen molar-refractivity contribution in [2.24, 2.45) is 5.92 Å². The third-order valence-electron chi connectivity index (χ3n) is 2.24. The van der Waals surface area contributed by atoms with E-state index in [4.69, 9.17) is 21.1 Å². The van der Waals surface area contributed by atoms with Crippen molar-refractivity contribution in [1.82, 2.24) is 0 Å². The summed E-state index contributed by atoms with van der Waals surface area (Å²) in [6.45, 7) is 8.67. The Labute approximate surface area is 136 Å². The number of hydrogen-bond acceptors (Lipinski definition) is 2. The average Bonchev–Trinajstić information content (AvgIpc) is 2.36. The Balaban J connectivity index is -0.0000000549. The second-order valence-corrected chi connectivity index (χ2v) is 3.03. The number of halogens is 2. The van der Waals surface area contributed by atoms with E-state index < -0.39 is 0 Å². The first-order valence-electron chi connectivity index (χ1n) is 4.45. The molecule has 1 aliphatic carbocycles. The van der Waals surface area contributed by atoms with Gasteiger partial charge in [-0.1, -0.05) is 26.7 Å². The summed E-state index contributed by atoms with van der Waals surface area (Å²) in [5.41, 5.74) is 15.3. The molecule has 0 aromatic rings. The number of hydrogen-bond donors (Lipinski definition) is 0. The van der Waals surface area contributed by atoms with Crippen LogP contribution in [0.4, 0.5) is 0 Å². The van der Waals surface area contributed by atoms with Gasteiger partial charge in [-0.3, -0.25) is 6.08 Å². The zero-order valence-electron chi connectivity index (χ0n) is 10.8. The van der Waals surface area contributed by atoms with E-state index in [9.17, 15) is 0 Å². The van der Waals surface area contributed by atoms with E-state index >= 15 is 0 Å². The fraction of sp³-hybridized carbons (Fsp3) is 0.455. The molecule has 2 N–H and O–H groups in total. The molecule has 18 heavy (non-hydrogen) atoms. The van der Waals surface area contributed by atoms with Crippen molar-refractivity contribution >= 4 is 12.8 Å². The van der Waals surface area contributed by atoms with Crippen molar-refractivity contribution in [1.29, 1.82) is 0 Å². The molecule has 0 bridgehead atoms.